The van der Waals surface area contributed by atoms with Crippen molar-refractivity contribution in [2.24, 2.45) is 12.5 Å². The van der Waals surface area contributed by atoms with E-state index in [9.17, 15) is 5.11 Å². The average molecular weight is 254 g/mol. The lowest BCUT2D eigenvalue weighted by atomic mass is 9.80. The van der Waals surface area contributed by atoms with Crippen LogP contribution in [0.4, 0.5) is 0 Å². The molecule has 1 fully saturated rings. The van der Waals surface area contributed by atoms with Crippen LogP contribution < -0.4 is 0 Å². The quantitative estimate of drug-likeness (QED) is 0.899. The number of aromatic nitrogens is 2. The summed E-state index contributed by atoms with van der Waals surface area (Å²) in [6.45, 7) is 4.48. The second-order valence-corrected chi connectivity index (χ2v) is 7.00. The van der Waals surface area contributed by atoms with E-state index in [1.165, 1.54) is 0 Å². The van der Waals surface area contributed by atoms with Crippen LogP contribution in [0.25, 0.3) is 0 Å². The van der Waals surface area contributed by atoms with Crippen LogP contribution in [0, 0.1) is 5.41 Å². The van der Waals surface area contributed by atoms with E-state index in [4.69, 9.17) is 0 Å². The summed E-state index contributed by atoms with van der Waals surface area (Å²) in [6, 6.07) is 0. The lowest BCUT2D eigenvalue weighted by Crippen LogP contribution is -2.42. The van der Waals surface area contributed by atoms with Gasteiger partial charge in [0.1, 0.15) is 5.82 Å². The number of imidazole rings is 1. The van der Waals surface area contributed by atoms with Gasteiger partial charge >= 0.3 is 0 Å². The van der Waals surface area contributed by atoms with Gasteiger partial charge in [0.2, 0.25) is 0 Å². The minimum absolute atomic E-state index is 0.249. The Morgan fingerprint density at radius 2 is 2.24 bits per heavy atom. The summed E-state index contributed by atoms with van der Waals surface area (Å²) in [5, 5.41) is 10.6. The minimum Gasteiger partial charge on any atom is -0.389 e. The largest absolute Gasteiger partial charge is 0.389 e. The molecule has 0 aromatic carbocycles. The number of aliphatic hydroxyl groups is 1. The summed E-state index contributed by atoms with van der Waals surface area (Å²) < 4.78 is 2.03. The fourth-order valence-corrected chi connectivity index (χ4v) is 4.04. The number of hydrogen-bond donors (Lipinski definition) is 1. The Kier molecular flexibility index (Phi) is 3.55. The molecule has 1 aromatic rings. The normalized spacial score (nSPS) is 28.2. The maximum absolute atomic E-state index is 10.6. The van der Waals surface area contributed by atoms with Crippen LogP contribution in [-0.2, 0) is 13.5 Å². The van der Waals surface area contributed by atoms with E-state index in [1.54, 1.807) is 0 Å². The molecule has 0 bridgehead atoms. The minimum atomic E-state index is -0.516. The van der Waals surface area contributed by atoms with Gasteiger partial charge in [0.05, 0.1) is 5.60 Å². The predicted octanol–water partition coefficient (Wildman–Crippen LogP) is 2.25. The monoisotopic (exact) mass is 254 g/mol. The third-order valence-corrected chi connectivity index (χ3v) is 5.13. The van der Waals surface area contributed by atoms with Crippen LogP contribution in [0.1, 0.15) is 32.5 Å². The summed E-state index contributed by atoms with van der Waals surface area (Å²) in [6.07, 6.45) is 6.35. The average Bonchev–Trinajstić information content (AvgIpc) is 2.59. The molecule has 1 N–H and O–H groups in total. The number of aryl methyl sites for hydroxylation is 2. The lowest BCUT2D eigenvalue weighted by molar-refractivity contribution is 0.0117. The van der Waals surface area contributed by atoms with Crippen molar-refractivity contribution in [2.45, 2.75) is 38.7 Å². The first-order valence-electron chi connectivity index (χ1n) is 6.17. The molecule has 2 heterocycles. The Balaban J connectivity index is 1.96. The highest BCUT2D eigenvalue weighted by atomic mass is 32.2. The van der Waals surface area contributed by atoms with Crippen LogP contribution in [-0.4, -0.2) is 31.8 Å². The molecule has 1 unspecified atom stereocenters. The molecule has 96 valence electrons. The number of rotatable bonds is 3. The summed E-state index contributed by atoms with van der Waals surface area (Å²) in [7, 11) is 2.01. The first-order chi connectivity index (χ1) is 7.90. The molecule has 0 aliphatic carbocycles. The van der Waals surface area contributed by atoms with Gasteiger partial charge in [-0.2, -0.15) is 11.8 Å². The summed E-state index contributed by atoms with van der Waals surface area (Å²) in [5.74, 6) is 3.07. The van der Waals surface area contributed by atoms with Crippen LogP contribution >= 0.6 is 11.8 Å². The second kappa shape index (κ2) is 4.65. The van der Waals surface area contributed by atoms with Gasteiger partial charge in [0.25, 0.3) is 0 Å². The summed E-state index contributed by atoms with van der Waals surface area (Å²) in [5.41, 5.74) is -0.266. The molecular weight excluding hydrogens is 232 g/mol. The number of nitrogens with zero attached hydrogens (tertiary/aromatic N) is 2. The summed E-state index contributed by atoms with van der Waals surface area (Å²) in [4.78, 5) is 4.31. The molecule has 0 amide bonds. The molecule has 17 heavy (non-hydrogen) atoms. The molecule has 1 atom stereocenters. The highest BCUT2D eigenvalue weighted by molar-refractivity contribution is 7.99. The van der Waals surface area contributed by atoms with Gasteiger partial charge in [-0.25, -0.2) is 4.98 Å². The highest BCUT2D eigenvalue weighted by Gasteiger charge is 2.38. The van der Waals surface area contributed by atoms with Crippen molar-refractivity contribution in [1.29, 1.82) is 0 Å². The van der Waals surface area contributed by atoms with Crippen LogP contribution in [0.2, 0.25) is 0 Å². The molecule has 3 nitrogen and oxygen atoms in total. The lowest BCUT2D eigenvalue weighted by Gasteiger charge is -2.41. The molecular formula is C13H22N2OS. The Labute approximate surface area is 108 Å². The van der Waals surface area contributed by atoms with E-state index in [1.807, 2.05) is 35.8 Å². The molecule has 1 aliphatic rings. The molecule has 1 saturated heterocycles. The first-order valence-corrected chi connectivity index (χ1v) is 7.32. The Morgan fingerprint density at radius 1 is 1.47 bits per heavy atom. The molecule has 0 spiro atoms. The van der Waals surface area contributed by atoms with Crippen LogP contribution in [0.5, 0.6) is 0 Å². The van der Waals surface area contributed by atoms with Crippen molar-refractivity contribution in [1.82, 2.24) is 9.55 Å². The fraction of sp³-hybridized carbons (Fsp3) is 0.769. The zero-order chi connectivity index (χ0) is 12.5. The van der Waals surface area contributed by atoms with Crippen molar-refractivity contribution < 1.29 is 5.11 Å². The van der Waals surface area contributed by atoms with Crippen molar-refractivity contribution in [3.05, 3.63) is 18.2 Å². The third-order valence-electron chi connectivity index (χ3n) is 3.41. The van der Waals surface area contributed by atoms with Crippen molar-refractivity contribution >= 4 is 11.8 Å². The van der Waals surface area contributed by atoms with Gasteiger partial charge < -0.3 is 9.67 Å². The van der Waals surface area contributed by atoms with E-state index < -0.39 is 5.60 Å². The highest BCUT2D eigenvalue weighted by Crippen LogP contribution is 2.41. The zero-order valence-electron chi connectivity index (χ0n) is 10.9. The van der Waals surface area contributed by atoms with Crippen molar-refractivity contribution in [2.75, 3.05) is 11.5 Å². The topological polar surface area (TPSA) is 38.0 Å². The molecule has 0 saturated carbocycles. The van der Waals surface area contributed by atoms with Crippen LogP contribution in [0.3, 0.4) is 0 Å². The van der Waals surface area contributed by atoms with E-state index in [0.717, 1.165) is 36.6 Å². The zero-order valence-corrected chi connectivity index (χ0v) is 11.8. The summed E-state index contributed by atoms with van der Waals surface area (Å²) >= 11 is 1.87. The van der Waals surface area contributed by atoms with Gasteiger partial charge in [-0.3, -0.25) is 0 Å². The molecule has 2 rings (SSSR count). The Hall–Kier alpha value is -0.480. The van der Waals surface area contributed by atoms with E-state index in [2.05, 4.69) is 18.8 Å². The van der Waals surface area contributed by atoms with Crippen molar-refractivity contribution in [3.8, 4) is 0 Å². The van der Waals surface area contributed by atoms with E-state index in [-0.39, 0.29) is 5.41 Å². The standard InChI is InChI=1S/C13H22N2OS/c1-12(2)8-13(16,10-17-9-12)5-4-11-14-6-7-15(11)3/h6-7,16H,4-5,8-10H2,1-3H3. The molecule has 1 aromatic heterocycles. The number of hydrogen-bond acceptors (Lipinski definition) is 3. The second-order valence-electron chi connectivity index (χ2n) is 6.01. The van der Waals surface area contributed by atoms with Gasteiger partial charge in [-0.15, -0.1) is 0 Å². The smallest absolute Gasteiger partial charge is 0.108 e. The number of thioether (sulfide) groups is 1. The van der Waals surface area contributed by atoms with Gasteiger partial charge in [-0.1, -0.05) is 13.8 Å². The Bertz CT molecular complexity index is 389. The molecule has 4 heteroatoms. The maximum atomic E-state index is 10.6. The van der Waals surface area contributed by atoms with E-state index >= 15 is 0 Å². The molecule has 0 radical (unpaired) electrons. The van der Waals surface area contributed by atoms with Gasteiger partial charge in [0.15, 0.2) is 0 Å². The first kappa shape index (κ1) is 13.0. The van der Waals surface area contributed by atoms with Crippen LogP contribution in [0.15, 0.2) is 12.4 Å². The van der Waals surface area contributed by atoms with Gasteiger partial charge in [-0.05, 0) is 24.0 Å². The Morgan fingerprint density at radius 3 is 2.82 bits per heavy atom. The predicted molar refractivity (Wildman–Crippen MR) is 72.2 cm³/mol. The van der Waals surface area contributed by atoms with E-state index in [0.29, 0.717) is 0 Å². The van der Waals surface area contributed by atoms with Gasteiger partial charge in [0, 0.05) is 31.6 Å². The van der Waals surface area contributed by atoms with Crippen molar-refractivity contribution in [3.63, 3.8) is 0 Å². The third kappa shape index (κ3) is 3.26. The molecule has 1 aliphatic heterocycles. The fourth-order valence-electron chi connectivity index (χ4n) is 2.65. The SMILES string of the molecule is Cn1ccnc1CCC1(O)CSCC(C)(C)C1. The maximum Gasteiger partial charge on any atom is 0.108 e.